The molecule has 1 saturated heterocycles. The molecular formula is C15H19ClN2O3S. The van der Waals surface area contributed by atoms with Gasteiger partial charge in [-0.1, -0.05) is 11.6 Å². The highest BCUT2D eigenvalue weighted by Crippen LogP contribution is 2.27. The van der Waals surface area contributed by atoms with Crippen molar-refractivity contribution in [2.75, 3.05) is 26.3 Å². The van der Waals surface area contributed by atoms with Gasteiger partial charge in [0, 0.05) is 24.7 Å². The molecule has 1 aromatic carbocycles. The van der Waals surface area contributed by atoms with E-state index < -0.39 is 10.0 Å². The summed E-state index contributed by atoms with van der Waals surface area (Å²) in [6.07, 6.45) is 1.75. The number of ether oxygens (including phenoxy) is 1. The molecule has 0 spiro atoms. The van der Waals surface area contributed by atoms with E-state index >= 15 is 0 Å². The van der Waals surface area contributed by atoms with E-state index in [9.17, 15) is 8.42 Å². The normalized spacial score (nSPS) is 19.8. The molecular weight excluding hydrogens is 324 g/mol. The van der Waals surface area contributed by atoms with Crippen molar-refractivity contribution in [3.8, 4) is 6.07 Å². The van der Waals surface area contributed by atoms with Crippen molar-refractivity contribution in [3.05, 3.63) is 28.8 Å². The maximum Gasteiger partial charge on any atom is 0.244 e. The number of piperidine rings is 1. The molecule has 1 atom stereocenters. The van der Waals surface area contributed by atoms with E-state index in [0.717, 1.165) is 12.8 Å². The second kappa shape index (κ2) is 7.42. The lowest BCUT2D eigenvalue weighted by molar-refractivity contribution is 0.0864. The largest absolute Gasteiger partial charge is 0.381 e. The van der Waals surface area contributed by atoms with Gasteiger partial charge in [0.15, 0.2) is 0 Å². The first-order valence-electron chi connectivity index (χ1n) is 7.26. The summed E-state index contributed by atoms with van der Waals surface area (Å²) in [6, 6.07) is 6.20. The van der Waals surface area contributed by atoms with Crippen LogP contribution in [0, 0.1) is 17.2 Å². The Morgan fingerprint density at radius 1 is 1.50 bits per heavy atom. The zero-order valence-electron chi connectivity index (χ0n) is 12.5. The molecule has 1 aliphatic rings. The minimum Gasteiger partial charge on any atom is -0.381 e. The molecule has 0 N–H and O–H groups in total. The Hall–Kier alpha value is -1.13. The molecule has 22 heavy (non-hydrogen) atoms. The quantitative estimate of drug-likeness (QED) is 0.824. The maximum absolute atomic E-state index is 12.8. The first-order valence-corrected chi connectivity index (χ1v) is 9.08. The van der Waals surface area contributed by atoms with Crippen molar-refractivity contribution >= 4 is 21.6 Å². The fourth-order valence-corrected chi connectivity index (χ4v) is 4.47. The number of hydrogen-bond acceptors (Lipinski definition) is 4. The van der Waals surface area contributed by atoms with E-state index in [2.05, 4.69) is 0 Å². The van der Waals surface area contributed by atoms with E-state index in [1.54, 1.807) is 0 Å². The first-order chi connectivity index (χ1) is 10.5. The van der Waals surface area contributed by atoms with Crippen molar-refractivity contribution < 1.29 is 13.2 Å². The van der Waals surface area contributed by atoms with Gasteiger partial charge in [0.25, 0.3) is 0 Å². The third-order valence-corrected chi connectivity index (χ3v) is 5.88. The third-order valence-electron chi connectivity index (χ3n) is 3.72. The number of rotatable bonds is 5. The average molecular weight is 343 g/mol. The molecule has 2 rings (SSSR count). The van der Waals surface area contributed by atoms with Crippen molar-refractivity contribution in [2.24, 2.45) is 5.92 Å². The van der Waals surface area contributed by atoms with Gasteiger partial charge in [-0.15, -0.1) is 0 Å². The molecule has 1 heterocycles. The van der Waals surface area contributed by atoms with Gasteiger partial charge in [-0.3, -0.25) is 0 Å². The van der Waals surface area contributed by atoms with Crippen LogP contribution in [0.5, 0.6) is 0 Å². The summed E-state index contributed by atoms with van der Waals surface area (Å²) in [6.45, 7) is 4.01. The summed E-state index contributed by atoms with van der Waals surface area (Å²) in [4.78, 5) is 0.0245. The molecule has 1 fully saturated rings. The minimum atomic E-state index is -3.68. The lowest BCUT2D eigenvalue weighted by atomic mass is 10.0. The SMILES string of the molecule is CCOC[C@H]1CCCN(S(=O)(=O)c2ccc(Cl)cc2C#N)C1. The lowest BCUT2D eigenvalue weighted by Gasteiger charge is -2.31. The van der Waals surface area contributed by atoms with Gasteiger partial charge < -0.3 is 4.74 Å². The molecule has 0 bridgehead atoms. The highest BCUT2D eigenvalue weighted by Gasteiger charge is 2.31. The van der Waals surface area contributed by atoms with Crippen molar-refractivity contribution in [3.63, 3.8) is 0 Å². The highest BCUT2D eigenvalue weighted by atomic mass is 35.5. The minimum absolute atomic E-state index is 0.0245. The van der Waals surface area contributed by atoms with Gasteiger partial charge in [0.1, 0.15) is 11.0 Å². The molecule has 0 unspecified atom stereocenters. The summed E-state index contributed by atoms with van der Waals surface area (Å²) in [5.74, 6) is 0.196. The maximum atomic E-state index is 12.8. The Labute approximate surface area is 136 Å². The zero-order chi connectivity index (χ0) is 16.2. The van der Waals surface area contributed by atoms with E-state index in [4.69, 9.17) is 21.6 Å². The Bertz CT molecular complexity index is 670. The average Bonchev–Trinajstić information content (AvgIpc) is 2.52. The summed E-state index contributed by atoms with van der Waals surface area (Å²) in [5.41, 5.74) is 0.0828. The lowest BCUT2D eigenvalue weighted by Crippen LogP contribution is -2.41. The summed E-state index contributed by atoms with van der Waals surface area (Å²) >= 11 is 5.84. The van der Waals surface area contributed by atoms with Crippen LogP contribution in [-0.4, -0.2) is 39.0 Å². The predicted octanol–water partition coefficient (Wildman–Crippen LogP) is 2.65. The number of halogens is 1. The smallest absolute Gasteiger partial charge is 0.244 e. The van der Waals surface area contributed by atoms with Crippen molar-refractivity contribution in [2.45, 2.75) is 24.7 Å². The molecule has 1 aliphatic heterocycles. The molecule has 7 heteroatoms. The van der Waals surface area contributed by atoms with Gasteiger partial charge in [0.2, 0.25) is 10.0 Å². The Balaban J connectivity index is 2.25. The topological polar surface area (TPSA) is 70.4 Å². The van der Waals surface area contributed by atoms with Crippen LogP contribution < -0.4 is 0 Å². The number of nitrogens with zero attached hydrogens (tertiary/aromatic N) is 2. The molecule has 0 saturated carbocycles. The Kier molecular flexibility index (Phi) is 5.81. The standard InChI is InChI=1S/C15H19ClN2O3S/c1-2-21-11-12-4-3-7-18(10-12)22(19,20)15-6-5-14(16)8-13(15)9-17/h5-6,8,12H,2-4,7,10-11H2,1H3/t12-/m0/s1. The van der Waals surface area contributed by atoms with Gasteiger partial charge in [-0.25, -0.2) is 8.42 Å². The molecule has 1 aromatic rings. The first kappa shape index (κ1) is 17.2. The van der Waals surface area contributed by atoms with Crippen LogP contribution in [0.4, 0.5) is 0 Å². The number of nitriles is 1. The van der Waals surface area contributed by atoms with Crippen LogP contribution >= 0.6 is 11.6 Å². The van der Waals surface area contributed by atoms with Crippen LogP contribution in [0.15, 0.2) is 23.1 Å². The van der Waals surface area contributed by atoms with Gasteiger partial charge in [-0.05, 0) is 43.9 Å². The summed E-state index contributed by atoms with van der Waals surface area (Å²) < 4.78 is 32.4. The van der Waals surface area contributed by atoms with Crippen LogP contribution in [0.2, 0.25) is 5.02 Å². The zero-order valence-corrected chi connectivity index (χ0v) is 14.0. The van der Waals surface area contributed by atoms with Gasteiger partial charge in [0.05, 0.1) is 12.2 Å². The molecule has 0 aromatic heterocycles. The molecule has 5 nitrogen and oxygen atoms in total. The molecule has 0 aliphatic carbocycles. The summed E-state index contributed by atoms with van der Waals surface area (Å²) in [5, 5.41) is 9.51. The fourth-order valence-electron chi connectivity index (χ4n) is 2.62. The molecule has 0 amide bonds. The Morgan fingerprint density at radius 3 is 2.95 bits per heavy atom. The monoisotopic (exact) mass is 342 g/mol. The highest BCUT2D eigenvalue weighted by molar-refractivity contribution is 7.89. The van der Waals surface area contributed by atoms with Crippen LogP contribution in [0.3, 0.4) is 0 Å². The fraction of sp³-hybridized carbons (Fsp3) is 0.533. The number of sulfonamides is 1. The van der Waals surface area contributed by atoms with Crippen molar-refractivity contribution in [1.29, 1.82) is 5.26 Å². The van der Waals surface area contributed by atoms with E-state index in [1.807, 2.05) is 13.0 Å². The Morgan fingerprint density at radius 2 is 2.27 bits per heavy atom. The number of hydrogen-bond donors (Lipinski definition) is 0. The van der Waals surface area contributed by atoms with Crippen LogP contribution in [-0.2, 0) is 14.8 Å². The molecule has 0 radical (unpaired) electrons. The van der Waals surface area contributed by atoms with E-state index in [-0.39, 0.29) is 16.4 Å². The van der Waals surface area contributed by atoms with Crippen LogP contribution in [0.25, 0.3) is 0 Å². The van der Waals surface area contributed by atoms with E-state index in [0.29, 0.717) is 31.3 Å². The third kappa shape index (κ3) is 3.79. The van der Waals surface area contributed by atoms with Crippen molar-refractivity contribution in [1.82, 2.24) is 4.31 Å². The van der Waals surface area contributed by atoms with Gasteiger partial charge >= 0.3 is 0 Å². The van der Waals surface area contributed by atoms with Gasteiger partial charge in [-0.2, -0.15) is 9.57 Å². The molecule has 120 valence electrons. The predicted molar refractivity (Wildman–Crippen MR) is 84.1 cm³/mol. The second-order valence-corrected chi connectivity index (χ2v) is 7.63. The number of benzene rings is 1. The second-order valence-electron chi connectivity index (χ2n) is 5.28. The summed E-state index contributed by atoms with van der Waals surface area (Å²) in [7, 11) is -3.68. The van der Waals surface area contributed by atoms with Crippen LogP contribution in [0.1, 0.15) is 25.3 Å². The van der Waals surface area contributed by atoms with E-state index in [1.165, 1.54) is 22.5 Å².